The van der Waals surface area contributed by atoms with Crippen LogP contribution in [0.15, 0.2) is 48.5 Å². The zero-order valence-electron chi connectivity index (χ0n) is 26.4. The van der Waals surface area contributed by atoms with E-state index in [9.17, 15) is 0 Å². The van der Waals surface area contributed by atoms with Crippen molar-refractivity contribution in [2.24, 2.45) is 0 Å². The smallest absolute Gasteiger partial charge is 0.399 e. The van der Waals surface area contributed by atoms with Crippen LogP contribution in [0.1, 0.15) is 134 Å². The molecule has 1 spiro atoms. The van der Waals surface area contributed by atoms with Gasteiger partial charge < -0.3 is 9.31 Å². The lowest BCUT2D eigenvalue weighted by atomic mass is 9.67. The summed E-state index contributed by atoms with van der Waals surface area (Å²) >= 11 is 0. The molecule has 0 aromatic heterocycles. The molecule has 41 heavy (non-hydrogen) atoms. The minimum atomic E-state index is -0.362. The molecule has 0 N–H and O–H groups in total. The molecule has 0 bridgehead atoms. The summed E-state index contributed by atoms with van der Waals surface area (Å²) < 4.78 is 13.4. The molecule has 1 heterocycles. The number of hydrogen-bond donors (Lipinski definition) is 0. The van der Waals surface area contributed by atoms with Gasteiger partial charge in [-0.2, -0.15) is 0 Å². The van der Waals surface area contributed by atoms with Gasteiger partial charge in [0, 0.05) is 5.41 Å². The molecule has 3 aliphatic rings. The third kappa shape index (κ3) is 5.31. The summed E-state index contributed by atoms with van der Waals surface area (Å²) in [6.45, 7) is 11.0. The fourth-order valence-electron chi connectivity index (χ4n) is 7.94. The van der Waals surface area contributed by atoms with E-state index in [2.05, 4.69) is 83.1 Å². The highest BCUT2D eigenvalue weighted by molar-refractivity contribution is 6.65. The quantitative estimate of drug-likeness (QED) is 0.281. The van der Waals surface area contributed by atoms with Gasteiger partial charge in [-0.1, -0.05) is 131 Å². The van der Waals surface area contributed by atoms with Crippen LogP contribution in [0.3, 0.4) is 0 Å². The van der Waals surface area contributed by atoms with Crippen molar-refractivity contribution in [1.29, 1.82) is 0 Å². The van der Waals surface area contributed by atoms with Gasteiger partial charge in [0.15, 0.2) is 0 Å². The average Bonchev–Trinajstić information content (AvgIpc) is 3.33. The zero-order valence-corrected chi connectivity index (χ0v) is 26.4. The average molecular weight is 551 g/mol. The Labute approximate surface area is 249 Å². The normalized spacial score (nSPS) is 22.7. The van der Waals surface area contributed by atoms with Crippen molar-refractivity contribution in [3.05, 3.63) is 65.2 Å². The number of fused-ring (bicyclic) bond motifs is 7. The highest BCUT2D eigenvalue weighted by Gasteiger charge is 2.53. The first-order chi connectivity index (χ1) is 19.7. The number of hydrogen-bond acceptors (Lipinski definition) is 2. The van der Waals surface area contributed by atoms with Gasteiger partial charge in [-0.15, -0.1) is 0 Å². The maximum Gasteiger partial charge on any atom is 0.495 e. The molecule has 0 atom stereocenters. The second kappa shape index (κ2) is 11.5. The zero-order chi connectivity index (χ0) is 28.7. The van der Waals surface area contributed by atoms with E-state index in [0.29, 0.717) is 0 Å². The molecular formula is C38H51BO2. The third-order valence-electron chi connectivity index (χ3n) is 11.0. The molecule has 3 heteroatoms. The molecule has 3 aromatic rings. The van der Waals surface area contributed by atoms with E-state index in [-0.39, 0.29) is 23.7 Å². The highest BCUT2D eigenvalue weighted by atomic mass is 16.7. The molecule has 1 saturated heterocycles. The Balaban J connectivity index is 1.51. The largest absolute Gasteiger partial charge is 0.495 e. The number of rotatable bonds is 1. The molecule has 0 radical (unpaired) electrons. The van der Waals surface area contributed by atoms with Crippen molar-refractivity contribution in [2.45, 2.75) is 141 Å². The Morgan fingerprint density at radius 1 is 0.585 bits per heavy atom. The molecule has 6 rings (SSSR count). The van der Waals surface area contributed by atoms with Crippen molar-refractivity contribution in [3.63, 3.8) is 0 Å². The molecule has 2 fully saturated rings. The van der Waals surface area contributed by atoms with Gasteiger partial charge in [0.1, 0.15) is 0 Å². The molecule has 2 nitrogen and oxygen atoms in total. The lowest BCUT2D eigenvalue weighted by Gasteiger charge is -2.34. The van der Waals surface area contributed by atoms with E-state index < -0.39 is 0 Å². The van der Waals surface area contributed by atoms with Crippen LogP contribution >= 0.6 is 0 Å². The summed E-state index contributed by atoms with van der Waals surface area (Å²) in [5.41, 5.74) is 7.95. The molecule has 1 saturated carbocycles. The Hall–Kier alpha value is -2.10. The van der Waals surface area contributed by atoms with Gasteiger partial charge >= 0.3 is 7.12 Å². The number of aryl methyl sites for hydroxylation is 1. The molecule has 218 valence electrons. The summed E-state index contributed by atoms with van der Waals surface area (Å²) in [5, 5.41) is 2.62. The first-order valence-electron chi connectivity index (χ1n) is 16.8. The molecule has 2 aliphatic carbocycles. The van der Waals surface area contributed by atoms with Crippen LogP contribution in [-0.4, -0.2) is 18.3 Å². The summed E-state index contributed by atoms with van der Waals surface area (Å²) in [6, 6.07) is 18.8. The van der Waals surface area contributed by atoms with Crippen LogP contribution in [0.5, 0.6) is 0 Å². The van der Waals surface area contributed by atoms with Crippen molar-refractivity contribution in [1.82, 2.24) is 0 Å². The van der Waals surface area contributed by atoms with Gasteiger partial charge in [-0.25, -0.2) is 0 Å². The second-order valence-corrected chi connectivity index (χ2v) is 14.4. The summed E-state index contributed by atoms with van der Waals surface area (Å²) in [4.78, 5) is 0. The SMILES string of the molecule is Cc1ccc2c(c1)C1(CCCCCCCCCCCCCC1)c1cc(B3OC(C)(C)C(C)(C)O3)c3ccccc3c1-2. The van der Waals surface area contributed by atoms with E-state index in [1.807, 2.05) is 0 Å². The molecule has 0 amide bonds. The fourth-order valence-corrected chi connectivity index (χ4v) is 7.94. The van der Waals surface area contributed by atoms with Crippen LogP contribution < -0.4 is 5.46 Å². The van der Waals surface area contributed by atoms with Gasteiger partial charge in [-0.3, -0.25) is 0 Å². The Morgan fingerprint density at radius 3 is 1.66 bits per heavy atom. The van der Waals surface area contributed by atoms with Gasteiger partial charge in [0.05, 0.1) is 11.2 Å². The van der Waals surface area contributed by atoms with Crippen molar-refractivity contribution < 1.29 is 9.31 Å². The topological polar surface area (TPSA) is 18.5 Å². The molecule has 1 aliphatic heterocycles. The summed E-state index contributed by atoms with van der Waals surface area (Å²) in [7, 11) is -0.361. The third-order valence-corrected chi connectivity index (χ3v) is 11.0. The second-order valence-electron chi connectivity index (χ2n) is 14.4. The van der Waals surface area contributed by atoms with Crippen molar-refractivity contribution in [3.8, 4) is 11.1 Å². The first kappa shape index (κ1) is 29.0. The van der Waals surface area contributed by atoms with Gasteiger partial charge in [0.25, 0.3) is 0 Å². The summed E-state index contributed by atoms with van der Waals surface area (Å²) in [6.07, 6.45) is 19.0. The molecular weight excluding hydrogens is 499 g/mol. The van der Waals surface area contributed by atoms with Crippen LogP contribution in [0, 0.1) is 6.92 Å². The van der Waals surface area contributed by atoms with Crippen LogP contribution in [0.4, 0.5) is 0 Å². The summed E-state index contributed by atoms with van der Waals surface area (Å²) in [5.74, 6) is 0. The Morgan fingerprint density at radius 2 is 1.10 bits per heavy atom. The Bertz CT molecular complexity index is 1350. The fraction of sp³-hybridized carbons (Fsp3) is 0.579. The highest BCUT2D eigenvalue weighted by Crippen LogP contribution is 2.56. The van der Waals surface area contributed by atoms with Gasteiger partial charge in [-0.05, 0) is 85.9 Å². The Kier molecular flexibility index (Phi) is 8.16. The van der Waals surface area contributed by atoms with Crippen LogP contribution in [0.2, 0.25) is 0 Å². The van der Waals surface area contributed by atoms with Crippen molar-refractivity contribution in [2.75, 3.05) is 0 Å². The predicted octanol–water partition coefficient (Wildman–Crippen LogP) is 10.2. The van der Waals surface area contributed by atoms with E-state index >= 15 is 0 Å². The minimum absolute atomic E-state index is 0.0548. The lowest BCUT2D eigenvalue weighted by molar-refractivity contribution is 0.00578. The predicted molar refractivity (Wildman–Crippen MR) is 175 cm³/mol. The van der Waals surface area contributed by atoms with E-state index in [1.165, 1.54) is 128 Å². The maximum atomic E-state index is 6.72. The first-order valence-corrected chi connectivity index (χ1v) is 16.8. The van der Waals surface area contributed by atoms with Gasteiger partial charge in [0.2, 0.25) is 0 Å². The van der Waals surface area contributed by atoms with E-state index in [0.717, 1.165) is 0 Å². The van der Waals surface area contributed by atoms with Crippen molar-refractivity contribution >= 4 is 23.4 Å². The number of benzene rings is 3. The minimum Gasteiger partial charge on any atom is -0.399 e. The monoisotopic (exact) mass is 550 g/mol. The maximum absolute atomic E-state index is 6.72. The molecule has 3 aromatic carbocycles. The van der Waals surface area contributed by atoms with E-state index in [4.69, 9.17) is 9.31 Å². The van der Waals surface area contributed by atoms with E-state index in [1.54, 1.807) is 5.56 Å². The van der Waals surface area contributed by atoms with Crippen LogP contribution in [0.25, 0.3) is 21.9 Å². The standard InChI is InChI=1S/C38H51BO2/c1-28-22-23-31-32(26-28)38(24-18-14-12-10-8-6-7-9-11-13-15-19-25-38)33-27-34(29-20-16-17-21-30(29)35(31)33)39-40-36(2,3)37(4,5)41-39/h16-17,20-23,26-27H,6-15,18-19,24-25H2,1-5H3. The van der Waals surface area contributed by atoms with Crippen LogP contribution in [-0.2, 0) is 14.7 Å². The molecule has 0 unspecified atom stereocenters. The lowest BCUT2D eigenvalue weighted by Crippen LogP contribution is -2.41.